The Labute approximate surface area is 113 Å². The zero-order chi connectivity index (χ0) is 12.5. The monoisotopic (exact) mass is 266 g/mol. The molecule has 0 bridgehead atoms. The maximum atomic E-state index is 5.82. The number of thiazole rings is 1. The van der Waals surface area contributed by atoms with Gasteiger partial charge in [-0.3, -0.25) is 4.90 Å². The molecule has 2 atom stereocenters. The van der Waals surface area contributed by atoms with Gasteiger partial charge in [-0.15, -0.1) is 11.3 Å². The standard InChI is InChI=1S/C13H22N4S/c1-9(14)13-16-11(8-18-13)6-15-10-4-5-17(7-10)12-2-3-12/h8-10,12,15H,2-7,14H2,1H3. The van der Waals surface area contributed by atoms with Crippen LogP contribution in [0.4, 0.5) is 0 Å². The van der Waals surface area contributed by atoms with Crippen molar-refractivity contribution >= 4 is 11.3 Å². The first-order valence-electron chi connectivity index (χ1n) is 6.89. The second-order valence-corrected chi connectivity index (χ2v) is 6.45. The third-order valence-electron chi connectivity index (χ3n) is 3.81. The summed E-state index contributed by atoms with van der Waals surface area (Å²) in [5, 5.41) is 6.79. The van der Waals surface area contributed by atoms with Gasteiger partial charge in [-0.2, -0.15) is 0 Å². The number of hydrogen-bond acceptors (Lipinski definition) is 5. The first-order chi connectivity index (χ1) is 8.72. The summed E-state index contributed by atoms with van der Waals surface area (Å²) < 4.78 is 0. The summed E-state index contributed by atoms with van der Waals surface area (Å²) in [6, 6.07) is 1.60. The second kappa shape index (κ2) is 5.25. The lowest BCUT2D eigenvalue weighted by atomic mass is 10.2. The van der Waals surface area contributed by atoms with E-state index in [4.69, 9.17) is 5.73 Å². The summed E-state index contributed by atoms with van der Waals surface area (Å²) >= 11 is 1.67. The van der Waals surface area contributed by atoms with Gasteiger partial charge in [-0.05, 0) is 26.2 Å². The topological polar surface area (TPSA) is 54.2 Å². The van der Waals surface area contributed by atoms with Crippen LogP contribution in [0.25, 0.3) is 0 Å². The molecular formula is C13H22N4S. The highest BCUT2D eigenvalue weighted by Crippen LogP contribution is 2.29. The zero-order valence-electron chi connectivity index (χ0n) is 10.9. The van der Waals surface area contributed by atoms with Crippen molar-refractivity contribution in [2.75, 3.05) is 13.1 Å². The summed E-state index contributed by atoms with van der Waals surface area (Å²) in [5.74, 6) is 0. The minimum absolute atomic E-state index is 0.0561. The highest BCUT2D eigenvalue weighted by Gasteiger charge is 2.34. The van der Waals surface area contributed by atoms with Crippen LogP contribution in [0.15, 0.2) is 5.38 Å². The molecule has 1 saturated heterocycles. The number of likely N-dealkylation sites (tertiary alicyclic amines) is 1. The van der Waals surface area contributed by atoms with E-state index in [0.717, 1.165) is 23.3 Å². The molecule has 100 valence electrons. The van der Waals surface area contributed by atoms with E-state index in [1.54, 1.807) is 11.3 Å². The Balaban J connectivity index is 1.46. The van der Waals surface area contributed by atoms with E-state index in [1.807, 2.05) is 6.92 Å². The number of rotatable bonds is 5. The molecule has 2 aliphatic rings. The van der Waals surface area contributed by atoms with Crippen LogP contribution in [-0.2, 0) is 6.54 Å². The molecule has 2 fully saturated rings. The predicted octanol–water partition coefficient (Wildman–Crippen LogP) is 1.49. The van der Waals surface area contributed by atoms with Crippen molar-refractivity contribution in [3.8, 4) is 0 Å². The van der Waals surface area contributed by atoms with E-state index in [-0.39, 0.29) is 6.04 Å². The van der Waals surface area contributed by atoms with Crippen LogP contribution in [-0.4, -0.2) is 35.1 Å². The third-order valence-corrected chi connectivity index (χ3v) is 4.91. The minimum Gasteiger partial charge on any atom is -0.322 e. The number of hydrogen-bond donors (Lipinski definition) is 2. The van der Waals surface area contributed by atoms with Crippen LogP contribution in [0, 0.1) is 0 Å². The Morgan fingerprint density at radius 3 is 3.06 bits per heavy atom. The maximum Gasteiger partial charge on any atom is 0.109 e. The fourth-order valence-electron chi connectivity index (χ4n) is 2.59. The molecule has 4 nitrogen and oxygen atoms in total. The van der Waals surface area contributed by atoms with Crippen LogP contribution in [0.1, 0.15) is 42.9 Å². The van der Waals surface area contributed by atoms with Crippen molar-refractivity contribution in [3.63, 3.8) is 0 Å². The van der Waals surface area contributed by atoms with Crippen LogP contribution in [0.2, 0.25) is 0 Å². The van der Waals surface area contributed by atoms with Gasteiger partial charge in [-0.25, -0.2) is 4.98 Å². The van der Waals surface area contributed by atoms with Gasteiger partial charge in [0, 0.05) is 37.1 Å². The Kier molecular flexibility index (Phi) is 3.66. The molecule has 2 heterocycles. The fourth-order valence-corrected chi connectivity index (χ4v) is 3.36. The van der Waals surface area contributed by atoms with Gasteiger partial charge in [0.25, 0.3) is 0 Å². The SMILES string of the molecule is CC(N)c1nc(CNC2CCN(C3CC3)C2)cs1. The van der Waals surface area contributed by atoms with Crippen molar-refractivity contribution in [2.45, 2.75) is 50.9 Å². The lowest BCUT2D eigenvalue weighted by molar-refractivity contribution is 0.317. The Morgan fingerprint density at radius 1 is 1.56 bits per heavy atom. The van der Waals surface area contributed by atoms with Gasteiger partial charge < -0.3 is 11.1 Å². The molecule has 1 aliphatic heterocycles. The molecule has 5 heteroatoms. The molecule has 1 saturated carbocycles. The molecule has 1 aromatic rings. The van der Waals surface area contributed by atoms with Gasteiger partial charge in [0.05, 0.1) is 11.7 Å². The Bertz CT molecular complexity index is 399. The zero-order valence-corrected chi connectivity index (χ0v) is 11.7. The lowest BCUT2D eigenvalue weighted by Crippen LogP contribution is -2.33. The third kappa shape index (κ3) is 2.91. The van der Waals surface area contributed by atoms with Gasteiger partial charge in [0.1, 0.15) is 5.01 Å². The predicted molar refractivity (Wildman–Crippen MR) is 74.6 cm³/mol. The number of nitrogens with zero attached hydrogens (tertiary/aromatic N) is 2. The first-order valence-corrected chi connectivity index (χ1v) is 7.77. The molecule has 0 amide bonds. The highest BCUT2D eigenvalue weighted by atomic mass is 32.1. The molecule has 0 spiro atoms. The van der Waals surface area contributed by atoms with Crippen molar-refractivity contribution in [2.24, 2.45) is 5.73 Å². The van der Waals surface area contributed by atoms with Crippen molar-refractivity contribution in [1.82, 2.24) is 15.2 Å². The molecule has 1 aromatic heterocycles. The smallest absolute Gasteiger partial charge is 0.109 e. The summed E-state index contributed by atoms with van der Waals surface area (Å²) in [6.45, 7) is 5.35. The first kappa shape index (κ1) is 12.5. The quantitative estimate of drug-likeness (QED) is 0.848. The summed E-state index contributed by atoms with van der Waals surface area (Å²) in [7, 11) is 0. The fraction of sp³-hybridized carbons (Fsp3) is 0.769. The normalized spacial score (nSPS) is 26.7. The molecule has 0 radical (unpaired) electrons. The average molecular weight is 266 g/mol. The van der Waals surface area contributed by atoms with E-state index >= 15 is 0 Å². The van der Waals surface area contributed by atoms with Gasteiger partial charge in [0.2, 0.25) is 0 Å². The highest BCUT2D eigenvalue weighted by molar-refractivity contribution is 7.09. The molecule has 18 heavy (non-hydrogen) atoms. The summed E-state index contributed by atoms with van der Waals surface area (Å²) in [4.78, 5) is 7.19. The van der Waals surface area contributed by atoms with Gasteiger partial charge in [0.15, 0.2) is 0 Å². The largest absolute Gasteiger partial charge is 0.322 e. The van der Waals surface area contributed by atoms with Crippen molar-refractivity contribution in [1.29, 1.82) is 0 Å². The molecule has 2 unspecified atom stereocenters. The Hall–Kier alpha value is -0.490. The average Bonchev–Trinajstić information content (AvgIpc) is 2.92. The molecule has 3 N–H and O–H groups in total. The molecule has 0 aromatic carbocycles. The van der Waals surface area contributed by atoms with E-state index in [9.17, 15) is 0 Å². The van der Waals surface area contributed by atoms with E-state index < -0.39 is 0 Å². The van der Waals surface area contributed by atoms with Crippen molar-refractivity contribution < 1.29 is 0 Å². The molecule has 3 rings (SSSR count). The summed E-state index contributed by atoms with van der Waals surface area (Å²) in [6.07, 6.45) is 4.11. The van der Waals surface area contributed by atoms with Gasteiger partial charge in [-0.1, -0.05) is 0 Å². The second-order valence-electron chi connectivity index (χ2n) is 5.56. The number of aromatic nitrogens is 1. The maximum absolute atomic E-state index is 5.82. The van der Waals surface area contributed by atoms with Crippen LogP contribution in [0.3, 0.4) is 0 Å². The molecular weight excluding hydrogens is 244 g/mol. The van der Waals surface area contributed by atoms with E-state index in [2.05, 4.69) is 20.6 Å². The number of nitrogens with one attached hydrogen (secondary N) is 1. The van der Waals surface area contributed by atoms with E-state index in [1.165, 1.54) is 32.4 Å². The van der Waals surface area contributed by atoms with Crippen LogP contribution < -0.4 is 11.1 Å². The number of nitrogens with two attached hydrogens (primary N) is 1. The lowest BCUT2D eigenvalue weighted by Gasteiger charge is -2.15. The van der Waals surface area contributed by atoms with Crippen LogP contribution in [0.5, 0.6) is 0 Å². The van der Waals surface area contributed by atoms with Crippen molar-refractivity contribution in [3.05, 3.63) is 16.1 Å². The minimum atomic E-state index is 0.0561. The summed E-state index contributed by atoms with van der Waals surface area (Å²) in [5.41, 5.74) is 6.96. The van der Waals surface area contributed by atoms with Gasteiger partial charge >= 0.3 is 0 Å². The molecule has 1 aliphatic carbocycles. The van der Waals surface area contributed by atoms with E-state index in [0.29, 0.717) is 6.04 Å². The van der Waals surface area contributed by atoms with Crippen LogP contribution >= 0.6 is 11.3 Å². The Morgan fingerprint density at radius 2 is 2.39 bits per heavy atom.